The Bertz CT molecular complexity index is 638. The van der Waals surface area contributed by atoms with Crippen LogP contribution in [0.2, 0.25) is 0 Å². The lowest BCUT2D eigenvalue weighted by Crippen LogP contribution is -2.39. The highest BCUT2D eigenvalue weighted by Gasteiger charge is 2.15. The molecule has 2 N–H and O–H groups in total. The molecule has 0 bridgehead atoms. The average Bonchev–Trinajstić information content (AvgIpc) is 2.94. The van der Waals surface area contributed by atoms with Gasteiger partial charge in [-0.2, -0.15) is 5.10 Å². The number of H-pyrrole nitrogens is 1. The summed E-state index contributed by atoms with van der Waals surface area (Å²) >= 11 is 0. The third kappa shape index (κ3) is 3.79. The maximum atomic E-state index is 12.3. The van der Waals surface area contributed by atoms with Gasteiger partial charge in [-0.1, -0.05) is 6.07 Å². The van der Waals surface area contributed by atoms with E-state index >= 15 is 0 Å². The average molecular weight is 290 g/mol. The molecule has 0 unspecified atom stereocenters. The van der Waals surface area contributed by atoms with Crippen molar-refractivity contribution in [2.24, 2.45) is 0 Å². The topological polar surface area (TPSA) is 87.3 Å². The van der Waals surface area contributed by atoms with Gasteiger partial charge in [-0.25, -0.2) is 0 Å². The minimum absolute atomic E-state index is 0.00353. The number of benzene rings is 1. The summed E-state index contributed by atoms with van der Waals surface area (Å²) in [6.07, 6.45) is 1.69. The van der Waals surface area contributed by atoms with Crippen LogP contribution in [0, 0.1) is 0 Å². The quantitative estimate of drug-likeness (QED) is 0.754. The van der Waals surface area contributed by atoms with E-state index in [-0.39, 0.29) is 18.4 Å². The van der Waals surface area contributed by atoms with E-state index in [1.165, 1.54) is 4.90 Å². The number of fused-ring (bicyclic) bond motifs is 1. The van der Waals surface area contributed by atoms with Crippen LogP contribution in [-0.4, -0.2) is 60.8 Å². The molecule has 0 saturated carbocycles. The van der Waals surface area contributed by atoms with Crippen LogP contribution in [-0.2, 0) is 9.53 Å². The molecule has 0 fully saturated rings. The normalized spacial score (nSPS) is 10.6. The summed E-state index contributed by atoms with van der Waals surface area (Å²) < 4.78 is 4.84. The zero-order chi connectivity index (χ0) is 15.2. The molecule has 0 aliphatic rings. The van der Waals surface area contributed by atoms with Gasteiger partial charge in [0, 0.05) is 31.7 Å². The third-order valence-corrected chi connectivity index (χ3v) is 3.04. The lowest BCUT2D eigenvalue weighted by Gasteiger charge is -2.16. The summed E-state index contributed by atoms with van der Waals surface area (Å²) in [6, 6.07) is 5.27. The van der Waals surface area contributed by atoms with Gasteiger partial charge in [0.15, 0.2) is 0 Å². The monoisotopic (exact) mass is 290 g/mol. The number of methoxy groups -OCH3 is 1. The van der Waals surface area contributed by atoms with E-state index in [2.05, 4.69) is 15.5 Å². The first kappa shape index (κ1) is 15.0. The largest absolute Gasteiger partial charge is 0.383 e. The number of hydrogen-bond donors (Lipinski definition) is 2. The van der Waals surface area contributed by atoms with Gasteiger partial charge in [-0.3, -0.25) is 14.7 Å². The first-order chi connectivity index (χ1) is 10.1. The molecule has 2 rings (SSSR count). The number of carbonyl (C=O) groups excluding carboxylic acids is 2. The number of likely N-dealkylation sites (N-methyl/N-ethyl adjacent to an activating group) is 1. The molecule has 21 heavy (non-hydrogen) atoms. The van der Waals surface area contributed by atoms with Crippen LogP contribution in [0.3, 0.4) is 0 Å². The number of carbonyl (C=O) groups is 2. The number of nitrogens with zero attached hydrogens (tertiary/aromatic N) is 2. The van der Waals surface area contributed by atoms with Gasteiger partial charge in [0.25, 0.3) is 5.91 Å². The molecular formula is C14H18N4O3. The zero-order valence-electron chi connectivity index (χ0n) is 12.0. The number of amides is 2. The van der Waals surface area contributed by atoms with Crippen molar-refractivity contribution in [3.63, 3.8) is 0 Å². The van der Waals surface area contributed by atoms with Crippen LogP contribution in [0.4, 0.5) is 0 Å². The second-order valence-corrected chi connectivity index (χ2v) is 4.68. The predicted molar refractivity (Wildman–Crippen MR) is 77.9 cm³/mol. The highest BCUT2D eigenvalue weighted by molar-refractivity contribution is 5.99. The fourth-order valence-electron chi connectivity index (χ4n) is 1.93. The smallest absolute Gasteiger partial charge is 0.254 e. The van der Waals surface area contributed by atoms with Crippen molar-refractivity contribution in [1.82, 2.24) is 20.4 Å². The first-order valence-corrected chi connectivity index (χ1v) is 6.56. The van der Waals surface area contributed by atoms with Crippen molar-refractivity contribution in [3.05, 3.63) is 30.0 Å². The van der Waals surface area contributed by atoms with Gasteiger partial charge in [0.05, 0.1) is 24.9 Å². The van der Waals surface area contributed by atoms with Crippen LogP contribution >= 0.6 is 0 Å². The molecule has 1 aromatic carbocycles. The summed E-state index contributed by atoms with van der Waals surface area (Å²) in [5.74, 6) is -0.432. The second-order valence-electron chi connectivity index (χ2n) is 4.68. The maximum absolute atomic E-state index is 12.3. The Balaban J connectivity index is 1.96. The molecule has 7 heteroatoms. The molecular weight excluding hydrogens is 272 g/mol. The van der Waals surface area contributed by atoms with Crippen molar-refractivity contribution in [2.75, 3.05) is 33.9 Å². The number of ether oxygens (including phenoxy) is 1. The van der Waals surface area contributed by atoms with E-state index in [1.807, 2.05) is 6.07 Å². The van der Waals surface area contributed by atoms with E-state index in [1.54, 1.807) is 32.5 Å². The molecule has 0 spiro atoms. The summed E-state index contributed by atoms with van der Waals surface area (Å²) in [4.78, 5) is 25.3. The Morgan fingerprint density at radius 3 is 3.00 bits per heavy atom. The van der Waals surface area contributed by atoms with Crippen LogP contribution in [0.15, 0.2) is 24.4 Å². The van der Waals surface area contributed by atoms with Crippen molar-refractivity contribution in [3.8, 4) is 0 Å². The number of aromatic nitrogens is 2. The van der Waals surface area contributed by atoms with Crippen molar-refractivity contribution in [1.29, 1.82) is 0 Å². The van der Waals surface area contributed by atoms with Crippen molar-refractivity contribution < 1.29 is 14.3 Å². The maximum Gasteiger partial charge on any atom is 0.254 e. The number of hydrogen-bond acceptors (Lipinski definition) is 4. The van der Waals surface area contributed by atoms with Gasteiger partial charge in [0.1, 0.15) is 0 Å². The highest BCUT2D eigenvalue weighted by atomic mass is 16.5. The lowest BCUT2D eigenvalue weighted by atomic mass is 10.1. The number of rotatable bonds is 6. The molecule has 0 saturated heterocycles. The summed E-state index contributed by atoms with van der Waals surface area (Å²) in [5, 5.41) is 10.3. The number of aromatic amines is 1. The Kier molecular flexibility index (Phi) is 4.89. The molecule has 1 heterocycles. The lowest BCUT2D eigenvalue weighted by molar-refractivity contribution is -0.121. The van der Waals surface area contributed by atoms with E-state index in [0.717, 1.165) is 10.9 Å². The van der Waals surface area contributed by atoms with Gasteiger partial charge < -0.3 is 15.0 Å². The summed E-state index contributed by atoms with van der Waals surface area (Å²) in [5.41, 5.74) is 1.30. The second kappa shape index (κ2) is 6.85. The molecule has 1 aromatic heterocycles. The van der Waals surface area contributed by atoms with E-state index in [4.69, 9.17) is 4.74 Å². The van der Waals surface area contributed by atoms with Gasteiger partial charge in [-0.05, 0) is 12.1 Å². The molecule has 2 aromatic rings. The fourth-order valence-corrected chi connectivity index (χ4v) is 1.93. The van der Waals surface area contributed by atoms with Crippen molar-refractivity contribution in [2.45, 2.75) is 0 Å². The van der Waals surface area contributed by atoms with Gasteiger partial charge in [-0.15, -0.1) is 0 Å². The molecule has 0 radical (unpaired) electrons. The van der Waals surface area contributed by atoms with Crippen LogP contribution in [0.1, 0.15) is 10.4 Å². The SMILES string of the molecule is COCCNC(=O)CN(C)C(=O)c1ccc2cn[nH]c2c1. The zero-order valence-corrected chi connectivity index (χ0v) is 12.0. The first-order valence-electron chi connectivity index (χ1n) is 6.56. The van der Waals surface area contributed by atoms with Crippen LogP contribution in [0.25, 0.3) is 10.9 Å². The Morgan fingerprint density at radius 2 is 2.24 bits per heavy atom. The molecule has 2 amide bonds. The molecule has 7 nitrogen and oxygen atoms in total. The standard InChI is InChI=1S/C14H18N4O3/c1-18(9-13(19)15-5-6-21-2)14(20)10-3-4-11-8-16-17-12(11)7-10/h3-4,7-8H,5-6,9H2,1-2H3,(H,15,19)(H,16,17). The summed E-state index contributed by atoms with van der Waals surface area (Å²) in [6.45, 7) is 0.876. The minimum atomic E-state index is -0.217. The van der Waals surface area contributed by atoms with E-state index in [0.29, 0.717) is 18.7 Å². The van der Waals surface area contributed by atoms with Crippen molar-refractivity contribution >= 4 is 22.7 Å². The van der Waals surface area contributed by atoms with Gasteiger partial charge in [0.2, 0.25) is 5.91 Å². The molecule has 0 aliphatic heterocycles. The number of nitrogens with one attached hydrogen (secondary N) is 2. The highest BCUT2D eigenvalue weighted by Crippen LogP contribution is 2.13. The predicted octanol–water partition coefficient (Wildman–Crippen LogP) is 0.398. The molecule has 112 valence electrons. The third-order valence-electron chi connectivity index (χ3n) is 3.04. The van der Waals surface area contributed by atoms with Crippen LogP contribution in [0.5, 0.6) is 0 Å². The van der Waals surface area contributed by atoms with E-state index in [9.17, 15) is 9.59 Å². The summed E-state index contributed by atoms with van der Waals surface area (Å²) in [7, 11) is 3.16. The minimum Gasteiger partial charge on any atom is -0.383 e. The molecule has 0 aliphatic carbocycles. The Morgan fingerprint density at radius 1 is 1.43 bits per heavy atom. The fraction of sp³-hybridized carbons (Fsp3) is 0.357. The van der Waals surface area contributed by atoms with Crippen LogP contribution < -0.4 is 5.32 Å². The van der Waals surface area contributed by atoms with E-state index < -0.39 is 0 Å². The Labute approximate surface area is 122 Å². The Hall–Kier alpha value is -2.41. The molecule has 0 atom stereocenters. The van der Waals surface area contributed by atoms with Gasteiger partial charge >= 0.3 is 0 Å².